The minimum Gasteiger partial charge on any atom is -0.870 e. The quantitative estimate of drug-likeness (QED) is 0.0322. The van der Waals surface area contributed by atoms with Crippen LogP contribution in [0.4, 0.5) is 0 Å². The fourth-order valence-electron chi connectivity index (χ4n) is 10.8. The number of benzene rings is 9. The van der Waals surface area contributed by atoms with E-state index in [0.29, 0.717) is 0 Å². The standard InChI is InChI=1S/3C27H33N4O6S3.3Co.6K.3H2O/c3*1-22-4-10-25(11-5-22)38(32,33)28-16-19-31(20-17-29-39(34,35)26-12-6-23(2)7-13-26)21-18-30-40(36,37)27-14-8-24(3)9-15-27;;;;;;;;;;;;/h3*4-15H,16-21H2,1-3H3;;;;;;;;;;3*1H2/q3*-3;3*+2;6*+1;;;/p-3. The van der Waals surface area contributed by atoms with Gasteiger partial charge in [0.15, 0.2) is 0 Å². The molecule has 9 rings (SSSR count). The number of rotatable bonds is 45. The first kappa shape index (κ1) is 146. The second kappa shape index (κ2) is 71.0. The van der Waals surface area contributed by atoms with E-state index in [2.05, 4.69) is 42.5 Å². The van der Waals surface area contributed by atoms with Crippen LogP contribution in [0.2, 0.25) is 0 Å². The Morgan fingerprint density at radius 3 is 0.295 bits per heavy atom. The maximum Gasteiger partial charge on any atom is 2.00 e. The van der Waals surface area contributed by atoms with Crippen molar-refractivity contribution in [3.63, 3.8) is 0 Å². The molecule has 9 aromatic carbocycles. The van der Waals surface area contributed by atoms with Crippen LogP contribution in [-0.4, -0.2) is 225 Å². The third-order valence-electron chi connectivity index (χ3n) is 18.0. The van der Waals surface area contributed by atoms with E-state index in [0.717, 1.165) is 50.1 Å². The molecule has 699 valence electrons. The van der Waals surface area contributed by atoms with E-state index in [4.69, 9.17) is 0 Å². The summed E-state index contributed by atoms with van der Waals surface area (Å²) in [5.74, 6) is 0. The monoisotopic (exact) mass is 2280 g/mol. The van der Waals surface area contributed by atoms with Gasteiger partial charge in [-0.25, -0.2) is 75.8 Å². The molecule has 0 aromatic heterocycles. The van der Waals surface area contributed by atoms with Crippen molar-refractivity contribution in [2.75, 3.05) is 118 Å². The third-order valence-corrected chi connectivity index (χ3v) is 30.5. The van der Waals surface area contributed by atoms with Crippen molar-refractivity contribution in [3.05, 3.63) is 311 Å². The van der Waals surface area contributed by atoms with Crippen molar-refractivity contribution in [2.24, 2.45) is 0 Å². The van der Waals surface area contributed by atoms with E-state index >= 15 is 0 Å². The predicted octanol–water partition coefficient (Wildman–Crippen LogP) is -5.01. The molecule has 132 heavy (non-hydrogen) atoms. The van der Waals surface area contributed by atoms with Gasteiger partial charge in [0.25, 0.3) is 0 Å². The number of hydrogen-bond acceptors (Lipinski definition) is 24. The molecular formula is C81H102Co3K6N12O21S9. The first-order chi connectivity index (χ1) is 56.3. The summed E-state index contributed by atoms with van der Waals surface area (Å²) in [4.78, 5) is 5.72. The zero-order chi connectivity index (χ0) is 88.2. The van der Waals surface area contributed by atoms with Crippen LogP contribution >= 0.6 is 0 Å². The summed E-state index contributed by atoms with van der Waals surface area (Å²) in [7, 11) is -34.9. The second-order valence-electron chi connectivity index (χ2n) is 27.8. The van der Waals surface area contributed by atoms with Gasteiger partial charge >= 0.3 is 359 Å². The molecule has 0 saturated heterocycles. The number of nitrogens with zero attached hydrogens (tertiary/aromatic N) is 12. The number of sulfonamides is 9. The van der Waals surface area contributed by atoms with Crippen LogP contribution in [0, 0.1) is 62.3 Å². The Balaban J connectivity index is -0.000000431. The Bertz CT molecular complexity index is 4780. The molecular weight excluding hydrogens is 2180 g/mol. The molecule has 3 radical (unpaired) electrons. The van der Waals surface area contributed by atoms with E-state index in [1.54, 1.807) is 124 Å². The molecule has 0 aliphatic rings. The zero-order valence-corrected chi connectivity index (χ0v) is 105. The summed E-state index contributed by atoms with van der Waals surface area (Å²) in [5, 5.41) is 0. The van der Waals surface area contributed by atoms with Crippen molar-refractivity contribution in [3.8, 4) is 0 Å². The Hall–Kier alpha value is 3.27. The molecule has 0 bridgehead atoms. The fourth-order valence-corrected chi connectivity index (χ4v) is 19.4. The summed E-state index contributed by atoms with van der Waals surface area (Å²) < 4.78 is 261. The molecule has 0 amide bonds. The molecule has 0 spiro atoms. The summed E-state index contributed by atoms with van der Waals surface area (Å²) in [5.41, 5.74) is 8.24. The molecule has 9 aromatic rings. The molecule has 3 N–H and O–H groups in total. The molecule has 33 nitrogen and oxygen atoms in total. The predicted molar refractivity (Wildman–Crippen MR) is 474 cm³/mol. The van der Waals surface area contributed by atoms with Crippen LogP contribution < -0.4 is 308 Å². The molecule has 51 heteroatoms. The van der Waals surface area contributed by atoms with Gasteiger partial charge in [0, 0.05) is 44.1 Å². The molecule has 0 aliphatic heterocycles. The van der Waals surface area contributed by atoms with Crippen LogP contribution in [0.25, 0.3) is 42.5 Å². The summed E-state index contributed by atoms with van der Waals surface area (Å²) in [6.45, 7) is 16.8. The van der Waals surface area contributed by atoms with Gasteiger partial charge in [-0.2, -0.15) is 0 Å². The van der Waals surface area contributed by atoms with Crippen molar-refractivity contribution in [1.29, 1.82) is 0 Å². The second-order valence-corrected chi connectivity index (χ2v) is 42.9. The zero-order valence-electron chi connectivity index (χ0n) is 76.2. The first-order valence-corrected chi connectivity index (χ1v) is 50.5. The van der Waals surface area contributed by atoms with Gasteiger partial charge in [0.2, 0.25) is 0 Å². The molecule has 0 aliphatic carbocycles. The Kier molecular flexibility index (Phi) is 78.5. The minimum atomic E-state index is -3.88. The summed E-state index contributed by atoms with van der Waals surface area (Å²) in [6.07, 6.45) is 0. The van der Waals surface area contributed by atoms with Crippen molar-refractivity contribution in [1.82, 2.24) is 14.7 Å². The molecule has 0 saturated carbocycles. The van der Waals surface area contributed by atoms with E-state index in [1.807, 2.05) is 62.3 Å². The van der Waals surface area contributed by atoms with Crippen LogP contribution in [0.3, 0.4) is 0 Å². The average Bonchev–Trinajstić information content (AvgIpc) is 0.888. The van der Waals surface area contributed by atoms with E-state index < -0.39 is 90.2 Å². The van der Waals surface area contributed by atoms with Gasteiger partial charge < -0.3 is 73.6 Å². The van der Waals surface area contributed by atoms with E-state index in [9.17, 15) is 75.8 Å². The van der Waals surface area contributed by atoms with Gasteiger partial charge in [0.05, 0.1) is 0 Å². The minimum absolute atomic E-state index is 0. The average molecular weight is 2280 g/mol. The molecule has 0 fully saturated rings. The van der Waals surface area contributed by atoms with Crippen LogP contribution in [0.15, 0.2) is 262 Å². The Labute approximate surface area is 1070 Å². The summed E-state index contributed by atoms with van der Waals surface area (Å²) >= 11 is 0. The topological polar surface area (TPSA) is 534 Å². The number of aryl methyl sites for hydroxylation is 9. The third kappa shape index (κ3) is 52.7. The van der Waals surface area contributed by atoms with Crippen LogP contribution in [0.5, 0.6) is 0 Å². The molecule has 0 heterocycles. The Morgan fingerprint density at radius 2 is 0.227 bits per heavy atom. The smallest absolute Gasteiger partial charge is 0.870 e. The maximum absolute atomic E-state index is 12.6. The fraction of sp³-hybridized carbons (Fsp3) is 0.333. The number of hydrogen-bond donors (Lipinski definition) is 0. The van der Waals surface area contributed by atoms with E-state index in [1.165, 1.54) is 109 Å². The SMILES string of the molecule is Cc1ccc(S(=O)(=O)[N-]CCN(CC[N-]S(=O)(=O)c2ccc(C)cc2)CC[N-]S(=O)(=O)c2ccc(C)cc2)cc1.Cc1ccc(S(=O)(=O)[N-]CCN(CC[N-]S(=O)(=O)c2ccc(C)cc2)CC[N-]S(=O)(=O)c2ccc(C)cc2)cc1.Cc1ccc(S(=O)(=O)[N-]CCN(CC[N-]S(=O)(=O)c2ccc(C)cc2)CC[N-]S(=O)(=O)c2ccc(C)cc2)cc1.[Co+2].[Co+2].[Co+2].[K+].[K+].[K+].[K+].[K+].[K+].[OH-].[OH-].[OH-]. The molecule has 0 unspecified atom stereocenters. The van der Waals surface area contributed by atoms with Gasteiger partial charge in [-0.3, -0.25) is 0 Å². The van der Waals surface area contributed by atoms with Gasteiger partial charge in [-0.1, -0.05) is 159 Å². The Morgan fingerprint density at radius 1 is 0.159 bits per heavy atom. The normalized spacial score (nSPS) is 11.5. The van der Waals surface area contributed by atoms with Gasteiger partial charge in [0.1, 0.15) is 90.2 Å². The van der Waals surface area contributed by atoms with Crippen molar-refractivity contribution >= 4 is 90.2 Å². The first-order valence-electron chi connectivity index (χ1n) is 37.6. The van der Waals surface area contributed by atoms with Crippen molar-refractivity contribution in [2.45, 2.75) is 106 Å². The van der Waals surface area contributed by atoms with Crippen LogP contribution in [0.1, 0.15) is 50.1 Å². The molecule has 0 atom stereocenters. The van der Waals surface area contributed by atoms with E-state index in [-0.39, 0.29) is 537 Å². The van der Waals surface area contributed by atoms with Crippen molar-refractivity contribution < 1.29 is 451 Å². The van der Waals surface area contributed by atoms with Gasteiger partial charge in [-0.15, -0.1) is 58.9 Å². The summed E-state index contributed by atoms with van der Waals surface area (Å²) in [6, 6.07) is 56.9. The van der Waals surface area contributed by atoms with Crippen LogP contribution in [-0.2, 0) is 141 Å². The van der Waals surface area contributed by atoms with Gasteiger partial charge in [-0.05, 0) is 230 Å². The maximum atomic E-state index is 12.6. The largest absolute Gasteiger partial charge is 2.00 e.